The normalized spacial score (nSPS) is 9.40. The first-order chi connectivity index (χ1) is 7.19. The fourth-order valence-electron chi connectivity index (χ4n) is 1.21. The molecule has 1 aromatic carbocycles. The molecule has 1 amide bonds. The molecule has 0 radical (unpaired) electrons. The number of anilines is 1. The molecule has 0 aliphatic rings. The van der Waals surface area contributed by atoms with Gasteiger partial charge in [-0.2, -0.15) is 0 Å². The van der Waals surface area contributed by atoms with Gasteiger partial charge in [0, 0.05) is 11.3 Å². The molecule has 0 bridgehead atoms. The third-order valence-electron chi connectivity index (χ3n) is 1.91. The number of halogens is 1. The highest BCUT2D eigenvalue weighted by Crippen LogP contribution is 2.19. The molecule has 3 heteroatoms. The lowest BCUT2D eigenvalue weighted by Crippen LogP contribution is -2.10. The highest BCUT2D eigenvalue weighted by molar-refractivity contribution is 5.99. The summed E-state index contributed by atoms with van der Waals surface area (Å²) < 4.78 is 13.4. The van der Waals surface area contributed by atoms with Gasteiger partial charge in [0.25, 0.3) is 0 Å². The van der Waals surface area contributed by atoms with Gasteiger partial charge in [-0.05, 0) is 24.6 Å². The molecule has 0 atom stereocenters. The van der Waals surface area contributed by atoms with Crippen molar-refractivity contribution in [1.82, 2.24) is 0 Å². The van der Waals surface area contributed by atoms with E-state index in [2.05, 4.69) is 18.5 Å². The van der Waals surface area contributed by atoms with Crippen LogP contribution in [0.25, 0.3) is 0 Å². The minimum absolute atomic E-state index is 0.350. The Morgan fingerprint density at radius 1 is 1.47 bits per heavy atom. The van der Waals surface area contributed by atoms with Gasteiger partial charge in [0.05, 0.1) is 0 Å². The van der Waals surface area contributed by atoms with Crippen molar-refractivity contribution in [2.24, 2.45) is 0 Å². The van der Waals surface area contributed by atoms with E-state index in [9.17, 15) is 9.18 Å². The van der Waals surface area contributed by atoms with Gasteiger partial charge in [0.15, 0.2) is 0 Å². The molecule has 1 aromatic rings. The summed E-state index contributed by atoms with van der Waals surface area (Å²) in [5, 5.41) is 2.54. The van der Waals surface area contributed by atoms with Crippen LogP contribution < -0.4 is 5.32 Å². The molecule has 0 heterocycles. The molecule has 0 aliphatic carbocycles. The highest BCUT2D eigenvalue weighted by Gasteiger charge is 2.07. The zero-order valence-corrected chi connectivity index (χ0v) is 8.29. The lowest BCUT2D eigenvalue weighted by molar-refractivity contribution is -0.111. The van der Waals surface area contributed by atoms with Crippen molar-refractivity contribution >= 4 is 11.6 Å². The first-order valence-electron chi connectivity index (χ1n) is 4.50. The topological polar surface area (TPSA) is 29.1 Å². The monoisotopic (exact) mass is 205 g/mol. The number of allylic oxidation sites excluding steroid dienone is 1. The number of hydrogen-bond acceptors (Lipinski definition) is 1. The molecule has 0 aliphatic heterocycles. The number of hydrogen-bond donors (Lipinski definition) is 1. The van der Waals surface area contributed by atoms with Crippen LogP contribution in [-0.4, -0.2) is 5.91 Å². The van der Waals surface area contributed by atoms with Gasteiger partial charge >= 0.3 is 0 Å². The second kappa shape index (κ2) is 5.10. The third kappa shape index (κ3) is 2.77. The number of amides is 1. The number of benzene rings is 1. The van der Waals surface area contributed by atoms with Crippen LogP contribution in [0.15, 0.2) is 43.5 Å². The van der Waals surface area contributed by atoms with Gasteiger partial charge in [-0.25, -0.2) is 4.39 Å². The largest absolute Gasteiger partial charge is 0.322 e. The minimum Gasteiger partial charge on any atom is -0.322 e. The van der Waals surface area contributed by atoms with E-state index in [4.69, 9.17) is 0 Å². The number of nitrogens with one attached hydrogen (secondary N) is 1. The fraction of sp³-hybridized carbons (Fsp3) is 0.0833. The summed E-state index contributed by atoms with van der Waals surface area (Å²) in [6.45, 7) is 6.87. The van der Waals surface area contributed by atoms with Crippen molar-refractivity contribution in [3.8, 4) is 0 Å². The van der Waals surface area contributed by atoms with Crippen molar-refractivity contribution < 1.29 is 9.18 Å². The molecule has 15 heavy (non-hydrogen) atoms. The molecule has 0 spiro atoms. The molecule has 1 N–H and O–H groups in total. The maximum atomic E-state index is 13.4. The van der Waals surface area contributed by atoms with E-state index in [1.54, 1.807) is 18.2 Å². The van der Waals surface area contributed by atoms with E-state index in [-0.39, 0.29) is 11.7 Å². The Morgan fingerprint density at radius 2 is 2.20 bits per heavy atom. The molecule has 78 valence electrons. The number of carbonyl (C=O) groups is 1. The Hall–Kier alpha value is -1.90. The molecule has 0 aromatic heterocycles. The molecular formula is C12H12FNO. The summed E-state index contributed by atoms with van der Waals surface area (Å²) in [5.41, 5.74) is 0.891. The van der Waals surface area contributed by atoms with Crippen molar-refractivity contribution in [1.29, 1.82) is 0 Å². The van der Waals surface area contributed by atoms with E-state index in [1.165, 1.54) is 6.07 Å². The summed E-state index contributed by atoms with van der Waals surface area (Å²) in [7, 11) is 0. The molecule has 0 unspecified atom stereocenters. The predicted molar refractivity (Wildman–Crippen MR) is 59.1 cm³/mol. The van der Waals surface area contributed by atoms with Crippen LogP contribution in [0.2, 0.25) is 0 Å². The standard InChI is InChI=1S/C12H12FNO/c1-3-6-9-10(13)7-5-8-11(9)14-12(15)4-2/h3-5,7-8H,1-2,6H2,(H,14,15). The van der Waals surface area contributed by atoms with Crippen LogP contribution in [-0.2, 0) is 11.2 Å². The van der Waals surface area contributed by atoms with Crippen LogP contribution in [0, 0.1) is 5.82 Å². The molecule has 2 nitrogen and oxygen atoms in total. The van der Waals surface area contributed by atoms with Gasteiger partial charge in [-0.1, -0.05) is 18.7 Å². The summed E-state index contributed by atoms with van der Waals surface area (Å²) in [5.74, 6) is -0.706. The van der Waals surface area contributed by atoms with E-state index in [0.717, 1.165) is 6.08 Å². The van der Waals surface area contributed by atoms with E-state index < -0.39 is 0 Å². The Bertz CT molecular complexity index is 399. The lowest BCUT2D eigenvalue weighted by atomic mass is 10.1. The van der Waals surface area contributed by atoms with E-state index in [1.807, 2.05) is 0 Å². The second-order valence-corrected chi connectivity index (χ2v) is 2.95. The van der Waals surface area contributed by atoms with Crippen LogP contribution in [0.5, 0.6) is 0 Å². The Kier molecular flexibility index (Phi) is 3.80. The van der Waals surface area contributed by atoms with Crippen LogP contribution in [0.3, 0.4) is 0 Å². The zero-order chi connectivity index (χ0) is 11.3. The van der Waals surface area contributed by atoms with Crippen LogP contribution in [0.4, 0.5) is 10.1 Å². The number of carbonyl (C=O) groups excluding carboxylic acids is 1. The molecular weight excluding hydrogens is 193 g/mol. The summed E-state index contributed by atoms with van der Waals surface area (Å²) in [6, 6.07) is 4.53. The second-order valence-electron chi connectivity index (χ2n) is 2.95. The third-order valence-corrected chi connectivity index (χ3v) is 1.91. The zero-order valence-electron chi connectivity index (χ0n) is 8.29. The smallest absolute Gasteiger partial charge is 0.247 e. The van der Waals surface area contributed by atoms with Crippen molar-refractivity contribution in [2.75, 3.05) is 5.32 Å². The van der Waals surface area contributed by atoms with Gasteiger partial charge in [-0.3, -0.25) is 4.79 Å². The summed E-state index contributed by atoms with van der Waals surface area (Å²) in [6.07, 6.45) is 3.10. The Balaban J connectivity index is 3.04. The van der Waals surface area contributed by atoms with Gasteiger partial charge in [0.1, 0.15) is 5.82 Å². The first-order valence-corrected chi connectivity index (χ1v) is 4.50. The first kappa shape index (κ1) is 11.2. The molecule has 0 fully saturated rings. The summed E-state index contributed by atoms with van der Waals surface area (Å²) in [4.78, 5) is 11.1. The van der Waals surface area contributed by atoms with Gasteiger partial charge in [-0.15, -0.1) is 6.58 Å². The van der Waals surface area contributed by atoms with Gasteiger partial charge in [0.2, 0.25) is 5.91 Å². The van der Waals surface area contributed by atoms with Crippen molar-refractivity contribution in [3.63, 3.8) is 0 Å². The van der Waals surface area contributed by atoms with Crippen LogP contribution in [0.1, 0.15) is 5.56 Å². The van der Waals surface area contributed by atoms with Gasteiger partial charge < -0.3 is 5.32 Å². The van der Waals surface area contributed by atoms with Crippen LogP contribution >= 0.6 is 0 Å². The quantitative estimate of drug-likeness (QED) is 0.594. The fourth-order valence-corrected chi connectivity index (χ4v) is 1.21. The lowest BCUT2D eigenvalue weighted by Gasteiger charge is -2.08. The maximum absolute atomic E-state index is 13.4. The molecule has 0 saturated carbocycles. The maximum Gasteiger partial charge on any atom is 0.247 e. The number of rotatable bonds is 4. The minimum atomic E-state index is -0.356. The highest BCUT2D eigenvalue weighted by atomic mass is 19.1. The Morgan fingerprint density at radius 3 is 2.80 bits per heavy atom. The molecule has 0 saturated heterocycles. The Labute approximate surface area is 88.1 Å². The van der Waals surface area contributed by atoms with E-state index >= 15 is 0 Å². The van der Waals surface area contributed by atoms with Crippen molar-refractivity contribution in [3.05, 3.63) is 54.9 Å². The van der Waals surface area contributed by atoms with E-state index in [0.29, 0.717) is 17.7 Å². The SMILES string of the molecule is C=CCc1c(F)cccc1NC(=O)C=C. The molecule has 1 rings (SSSR count). The average molecular weight is 205 g/mol. The predicted octanol–water partition coefficient (Wildman–Crippen LogP) is 2.68. The van der Waals surface area contributed by atoms with Crippen molar-refractivity contribution in [2.45, 2.75) is 6.42 Å². The average Bonchev–Trinajstić information content (AvgIpc) is 2.23. The summed E-state index contributed by atoms with van der Waals surface area (Å²) >= 11 is 0.